The number of fused-ring (bicyclic) bond motifs is 2. The molecule has 3 heterocycles. The Labute approximate surface area is 198 Å². The summed E-state index contributed by atoms with van der Waals surface area (Å²) >= 11 is 0. The van der Waals surface area contributed by atoms with Crippen molar-refractivity contribution in [1.29, 1.82) is 0 Å². The fraction of sp³-hybridized carbons (Fsp3) is 0.423. The van der Waals surface area contributed by atoms with Gasteiger partial charge in [0, 0.05) is 39.2 Å². The van der Waals surface area contributed by atoms with Crippen molar-refractivity contribution in [1.82, 2.24) is 14.5 Å². The van der Waals surface area contributed by atoms with E-state index in [9.17, 15) is 9.59 Å². The van der Waals surface area contributed by atoms with Crippen LogP contribution in [0.3, 0.4) is 0 Å². The molecule has 2 aliphatic rings. The van der Waals surface area contributed by atoms with E-state index in [1.165, 1.54) is 11.1 Å². The maximum absolute atomic E-state index is 13.5. The van der Waals surface area contributed by atoms with Gasteiger partial charge in [-0.3, -0.25) is 9.59 Å². The number of ether oxygens (including phenoxy) is 3. The average molecular weight is 464 g/mol. The molecule has 1 amide bonds. The zero-order chi connectivity index (χ0) is 23.7. The smallest absolute Gasteiger partial charge is 0.259 e. The summed E-state index contributed by atoms with van der Waals surface area (Å²) in [6.45, 7) is 4.13. The Morgan fingerprint density at radius 1 is 1.24 bits per heavy atom. The van der Waals surface area contributed by atoms with Crippen LogP contribution < -0.4 is 10.2 Å². The maximum Gasteiger partial charge on any atom is 0.259 e. The minimum Gasteiger partial charge on any atom is -0.488 e. The lowest BCUT2D eigenvalue weighted by Gasteiger charge is -2.35. The fourth-order valence-electron chi connectivity index (χ4n) is 4.91. The second-order valence-electron chi connectivity index (χ2n) is 8.80. The van der Waals surface area contributed by atoms with E-state index in [1.54, 1.807) is 30.5 Å². The highest BCUT2D eigenvalue weighted by atomic mass is 16.5. The molecular formula is C26H29N3O5. The molecule has 3 aromatic rings. The van der Waals surface area contributed by atoms with Crippen molar-refractivity contribution in [3.05, 3.63) is 69.6 Å². The van der Waals surface area contributed by atoms with Gasteiger partial charge in [0.15, 0.2) is 0 Å². The lowest BCUT2D eigenvalue weighted by Crippen LogP contribution is -2.51. The van der Waals surface area contributed by atoms with Crippen LogP contribution >= 0.6 is 0 Å². The topological polar surface area (TPSA) is 82.9 Å². The number of hydrogen-bond donors (Lipinski definition) is 0. The Kier molecular flexibility index (Phi) is 6.34. The lowest BCUT2D eigenvalue weighted by atomic mass is 10.1. The van der Waals surface area contributed by atoms with Gasteiger partial charge in [0.2, 0.25) is 5.43 Å². The van der Waals surface area contributed by atoms with Crippen LogP contribution in [0, 0.1) is 0 Å². The summed E-state index contributed by atoms with van der Waals surface area (Å²) < 4.78 is 18.8. The normalized spacial score (nSPS) is 18.3. The van der Waals surface area contributed by atoms with E-state index < -0.39 is 0 Å². The van der Waals surface area contributed by atoms with Crippen LogP contribution in [-0.4, -0.2) is 66.0 Å². The largest absolute Gasteiger partial charge is 0.488 e. The van der Waals surface area contributed by atoms with Crippen molar-refractivity contribution in [2.45, 2.75) is 38.5 Å². The van der Waals surface area contributed by atoms with Crippen molar-refractivity contribution in [2.75, 3.05) is 33.5 Å². The minimum atomic E-state index is -0.333. The van der Waals surface area contributed by atoms with Crippen molar-refractivity contribution < 1.29 is 19.0 Å². The summed E-state index contributed by atoms with van der Waals surface area (Å²) in [5.41, 5.74) is 2.92. The highest BCUT2D eigenvalue weighted by Gasteiger charge is 2.30. The first-order valence-corrected chi connectivity index (χ1v) is 11.7. The summed E-state index contributed by atoms with van der Waals surface area (Å²) in [6.07, 6.45) is 4.92. The first-order valence-electron chi connectivity index (χ1n) is 11.7. The third-order valence-electron chi connectivity index (χ3n) is 6.62. The minimum absolute atomic E-state index is 0.00184. The molecule has 34 heavy (non-hydrogen) atoms. The van der Waals surface area contributed by atoms with E-state index in [4.69, 9.17) is 14.2 Å². The standard InChI is InChI=1S/C26H29N3O5/c1-3-28-14-23(26(31)29-8-9-33-16-19(29)15-32-2)24(30)22-12-21(13-27-25(22)28)34-20-10-17-6-4-5-7-18(17)11-20/h4-7,12-14,19-20H,3,8-11,15-16H2,1-2H3/t19-/m0/s1. The molecule has 8 heteroatoms. The maximum atomic E-state index is 13.5. The SMILES string of the molecule is CCn1cc(C(=O)N2CCOC[C@@H]2COC)c(=O)c2cc(OC3Cc4ccccc4C3)cnc21. The number of carbonyl (C=O) groups excluding carboxylic acids is 1. The third-order valence-corrected chi connectivity index (χ3v) is 6.62. The zero-order valence-electron chi connectivity index (χ0n) is 19.5. The molecule has 178 valence electrons. The molecule has 8 nitrogen and oxygen atoms in total. The Balaban J connectivity index is 1.47. The number of amides is 1. The Morgan fingerprint density at radius 2 is 2.00 bits per heavy atom. The first-order chi connectivity index (χ1) is 16.6. The number of rotatable bonds is 6. The number of aromatic nitrogens is 2. The van der Waals surface area contributed by atoms with E-state index >= 15 is 0 Å². The van der Waals surface area contributed by atoms with E-state index in [2.05, 4.69) is 17.1 Å². The number of benzene rings is 1. The summed E-state index contributed by atoms with van der Waals surface area (Å²) in [7, 11) is 1.59. The number of carbonyl (C=O) groups is 1. The van der Waals surface area contributed by atoms with Gasteiger partial charge in [-0.05, 0) is 24.1 Å². The summed E-state index contributed by atoms with van der Waals surface area (Å²) in [4.78, 5) is 33.2. The number of morpholine rings is 1. The van der Waals surface area contributed by atoms with Gasteiger partial charge < -0.3 is 23.7 Å². The molecular weight excluding hydrogens is 434 g/mol. The predicted octanol–water partition coefficient (Wildman–Crippen LogP) is 2.45. The highest BCUT2D eigenvalue weighted by Crippen LogP contribution is 2.26. The molecule has 5 rings (SSSR count). The highest BCUT2D eigenvalue weighted by molar-refractivity contribution is 5.97. The molecule has 1 aromatic carbocycles. The number of aryl methyl sites for hydroxylation is 1. The summed E-state index contributed by atoms with van der Waals surface area (Å²) in [6, 6.07) is 9.82. The van der Waals surface area contributed by atoms with Crippen LogP contribution in [0.25, 0.3) is 11.0 Å². The van der Waals surface area contributed by atoms with E-state index in [0.29, 0.717) is 49.7 Å². The summed E-state index contributed by atoms with van der Waals surface area (Å²) in [5.74, 6) is 0.232. The van der Waals surface area contributed by atoms with E-state index in [1.807, 2.05) is 23.6 Å². The monoisotopic (exact) mass is 463 g/mol. The number of pyridine rings is 2. The first kappa shape index (κ1) is 22.6. The Hall–Kier alpha value is -3.23. The van der Waals surface area contributed by atoms with Crippen LogP contribution in [0.4, 0.5) is 0 Å². The van der Waals surface area contributed by atoms with Gasteiger partial charge >= 0.3 is 0 Å². The molecule has 2 aromatic heterocycles. The van der Waals surface area contributed by atoms with Gasteiger partial charge in [0.1, 0.15) is 23.1 Å². The van der Waals surface area contributed by atoms with Crippen LogP contribution in [0.1, 0.15) is 28.4 Å². The Bertz CT molecular complexity index is 1240. The van der Waals surface area contributed by atoms with Gasteiger partial charge in [0.25, 0.3) is 5.91 Å². The van der Waals surface area contributed by atoms with E-state index in [0.717, 1.165) is 12.8 Å². The van der Waals surface area contributed by atoms with Crippen LogP contribution in [0.5, 0.6) is 5.75 Å². The van der Waals surface area contributed by atoms with Gasteiger partial charge in [-0.25, -0.2) is 4.98 Å². The average Bonchev–Trinajstić information content (AvgIpc) is 3.27. The van der Waals surface area contributed by atoms with Gasteiger partial charge in [-0.1, -0.05) is 24.3 Å². The quantitative estimate of drug-likeness (QED) is 0.559. The van der Waals surface area contributed by atoms with Gasteiger partial charge in [0.05, 0.1) is 37.4 Å². The van der Waals surface area contributed by atoms with Crippen molar-refractivity contribution >= 4 is 16.9 Å². The van der Waals surface area contributed by atoms with Crippen molar-refractivity contribution in [2.24, 2.45) is 0 Å². The molecule has 1 aliphatic heterocycles. The van der Waals surface area contributed by atoms with Crippen LogP contribution in [-0.2, 0) is 28.9 Å². The number of methoxy groups -OCH3 is 1. The molecule has 1 saturated heterocycles. The van der Waals surface area contributed by atoms with Crippen LogP contribution in [0.2, 0.25) is 0 Å². The second-order valence-corrected chi connectivity index (χ2v) is 8.80. The van der Waals surface area contributed by atoms with Crippen molar-refractivity contribution in [3.8, 4) is 5.75 Å². The molecule has 0 radical (unpaired) electrons. The van der Waals surface area contributed by atoms with Gasteiger partial charge in [-0.2, -0.15) is 0 Å². The van der Waals surface area contributed by atoms with Gasteiger partial charge in [-0.15, -0.1) is 0 Å². The van der Waals surface area contributed by atoms with Crippen LogP contribution in [0.15, 0.2) is 47.5 Å². The molecule has 1 atom stereocenters. The molecule has 0 spiro atoms. The summed E-state index contributed by atoms with van der Waals surface area (Å²) in [5, 5.41) is 0.386. The third kappa shape index (κ3) is 4.19. The molecule has 0 saturated carbocycles. The molecule has 0 unspecified atom stereocenters. The second kappa shape index (κ2) is 9.56. The van der Waals surface area contributed by atoms with E-state index in [-0.39, 0.29) is 29.0 Å². The molecule has 0 N–H and O–H groups in total. The fourth-order valence-corrected chi connectivity index (χ4v) is 4.91. The number of nitrogens with zero attached hydrogens (tertiary/aromatic N) is 3. The Morgan fingerprint density at radius 3 is 2.71 bits per heavy atom. The lowest BCUT2D eigenvalue weighted by molar-refractivity contribution is -0.0252. The molecule has 1 fully saturated rings. The predicted molar refractivity (Wildman–Crippen MR) is 127 cm³/mol. The molecule has 1 aliphatic carbocycles. The number of hydrogen-bond acceptors (Lipinski definition) is 6. The molecule has 0 bridgehead atoms. The zero-order valence-corrected chi connectivity index (χ0v) is 19.5. The van der Waals surface area contributed by atoms with Crippen molar-refractivity contribution in [3.63, 3.8) is 0 Å².